The molecule has 1 unspecified atom stereocenters. The molecule has 0 aromatic rings. The van der Waals surface area contributed by atoms with E-state index in [2.05, 4.69) is 38.0 Å². The molecule has 17 heavy (non-hydrogen) atoms. The Hall–Kier alpha value is -0.120. The van der Waals surface area contributed by atoms with E-state index < -0.39 is 0 Å². The lowest BCUT2D eigenvalue weighted by Crippen LogP contribution is -2.35. The summed E-state index contributed by atoms with van der Waals surface area (Å²) in [5.74, 6) is 0.813. The van der Waals surface area contributed by atoms with E-state index in [1.807, 2.05) is 6.92 Å². The van der Waals surface area contributed by atoms with Crippen molar-refractivity contribution >= 4 is 0 Å². The summed E-state index contributed by atoms with van der Waals surface area (Å²) >= 11 is 0. The smallest absolute Gasteiger partial charge is 0.0593 e. The third kappa shape index (κ3) is 12.1. The highest BCUT2D eigenvalue weighted by Gasteiger charge is 2.03. The Labute approximate surface area is 108 Å². The van der Waals surface area contributed by atoms with Crippen molar-refractivity contribution in [3.05, 3.63) is 0 Å². The van der Waals surface area contributed by atoms with Gasteiger partial charge in [-0.3, -0.25) is 0 Å². The van der Waals surface area contributed by atoms with E-state index in [1.165, 1.54) is 12.8 Å². The number of hydrogen-bond acceptors (Lipinski definition) is 3. The topological polar surface area (TPSA) is 24.5 Å². The fraction of sp³-hybridized carbons (Fsp3) is 1.00. The molecule has 104 valence electrons. The highest BCUT2D eigenvalue weighted by atomic mass is 16.5. The van der Waals surface area contributed by atoms with E-state index in [1.54, 1.807) is 0 Å². The Morgan fingerprint density at radius 1 is 1.12 bits per heavy atom. The minimum atomic E-state index is 0.637. The van der Waals surface area contributed by atoms with Gasteiger partial charge in [0.15, 0.2) is 0 Å². The summed E-state index contributed by atoms with van der Waals surface area (Å²) in [5.41, 5.74) is 0. The third-order valence-corrected chi connectivity index (χ3v) is 2.98. The molecule has 0 aliphatic heterocycles. The van der Waals surface area contributed by atoms with Crippen molar-refractivity contribution in [2.24, 2.45) is 5.92 Å². The molecule has 0 aliphatic rings. The van der Waals surface area contributed by atoms with Gasteiger partial charge in [0.2, 0.25) is 0 Å². The number of rotatable bonds is 11. The molecule has 1 atom stereocenters. The van der Waals surface area contributed by atoms with Crippen LogP contribution in [-0.2, 0) is 4.74 Å². The molecule has 0 saturated carbocycles. The van der Waals surface area contributed by atoms with Crippen LogP contribution in [0.3, 0.4) is 0 Å². The zero-order valence-electron chi connectivity index (χ0n) is 12.5. The van der Waals surface area contributed by atoms with Crippen molar-refractivity contribution in [2.75, 3.05) is 39.9 Å². The molecule has 0 fully saturated rings. The molecule has 0 spiro atoms. The molecule has 0 aromatic heterocycles. The monoisotopic (exact) mass is 244 g/mol. The highest BCUT2D eigenvalue weighted by Crippen LogP contribution is 2.05. The first-order chi connectivity index (χ1) is 8.06. The van der Waals surface area contributed by atoms with Crippen LogP contribution >= 0.6 is 0 Å². The van der Waals surface area contributed by atoms with E-state index in [0.717, 1.165) is 38.8 Å². The Bertz CT molecular complexity index is 162. The van der Waals surface area contributed by atoms with Gasteiger partial charge in [0.25, 0.3) is 0 Å². The molecule has 0 aromatic carbocycles. The van der Waals surface area contributed by atoms with Gasteiger partial charge < -0.3 is 15.0 Å². The minimum absolute atomic E-state index is 0.637. The lowest BCUT2D eigenvalue weighted by atomic mass is 10.0. The molecule has 3 nitrogen and oxygen atoms in total. The van der Waals surface area contributed by atoms with E-state index in [0.29, 0.717) is 6.04 Å². The van der Waals surface area contributed by atoms with Crippen molar-refractivity contribution in [1.29, 1.82) is 0 Å². The molecule has 0 saturated heterocycles. The van der Waals surface area contributed by atoms with Gasteiger partial charge in [-0.15, -0.1) is 0 Å². The Balaban J connectivity index is 3.35. The number of ether oxygens (including phenoxy) is 1. The predicted octanol–water partition coefficient (Wildman–Crippen LogP) is 2.37. The Morgan fingerprint density at radius 2 is 1.82 bits per heavy atom. The van der Waals surface area contributed by atoms with Gasteiger partial charge in [-0.25, -0.2) is 0 Å². The maximum Gasteiger partial charge on any atom is 0.0593 e. The van der Waals surface area contributed by atoms with Crippen molar-refractivity contribution in [2.45, 2.75) is 46.6 Å². The van der Waals surface area contributed by atoms with E-state index in [9.17, 15) is 0 Å². The average Bonchev–Trinajstić information content (AvgIpc) is 2.27. The largest absolute Gasteiger partial charge is 0.380 e. The van der Waals surface area contributed by atoms with Gasteiger partial charge >= 0.3 is 0 Å². The Kier molecular flexibility index (Phi) is 10.9. The first kappa shape index (κ1) is 16.9. The molecule has 0 amide bonds. The summed E-state index contributed by atoms with van der Waals surface area (Å²) in [6, 6.07) is 0.637. The van der Waals surface area contributed by atoms with Crippen LogP contribution in [0.15, 0.2) is 0 Å². The lowest BCUT2D eigenvalue weighted by Gasteiger charge is -2.19. The fourth-order valence-corrected chi connectivity index (χ4v) is 1.66. The molecule has 1 N–H and O–H groups in total. The third-order valence-electron chi connectivity index (χ3n) is 2.98. The second-order valence-corrected chi connectivity index (χ2v) is 5.33. The van der Waals surface area contributed by atoms with Gasteiger partial charge in [0.1, 0.15) is 0 Å². The van der Waals surface area contributed by atoms with E-state index in [4.69, 9.17) is 4.74 Å². The van der Waals surface area contributed by atoms with Crippen LogP contribution in [0.2, 0.25) is 0 Å². The molecule has 0 aliphatic carbocycles. The van der Waals surface area contributed by atoms with Crippen molar-refractivity contribution in [3.63, 3.8) is 0 Å². The standard InChI is InChI=1S/C14H32N2O/c1-6-17-12-11-16(5)10-9-15-14(4)8-7-13(2)3/h13-15H,6-12H2,1-5H3. The summed E-state index contributed by atoms with van der Waals surface area (Å²) < 4.78 is 5.33. The van der Waals surface area contributed by atoms with Crippen LogP contribution in [0.4, 0.5) is 0 Å². The normalized spacial score (nSPS) is 13.6. The quantitative estimate of drug-likeness (QED) is 0.565. The summed E-state index contributed by atoms with van der Waals surface area (Å²) in [7, 11) is 2.15. The molecule has 0 radical (unpaired) electrons. The lowest BCUT2D eigenvalue weighted by molar-refractivity contribution is 0.122. The van der Waals surface area contributed by atoms with Crippen LogP contribution in [0.5, 0.6) is 0 Å². The molecule has 0 bridgehead atoms. The van der Waals surface area contributed by atoms with E-state index in [-0.39, 0.29) is 0 Å². The van der Waals surface area contributed by atoms with E-state index >= 15 is 0 Å². The molecular weight excluding hydrogens is 212 g/mol. The summed E-state index contributed by atoms with van der Waals surface area (Å²) in [6.07, 6.45) is 2.59. The first-order valence-electron chi connectivity index (χ1n) is 7.05. The molecule has 3 heteroatoms. The first-order valence-corrected chi connectivity index (χ1v) is 7.05. The second kappa shape index (κ2) is 11.0. The van der Waals surface area contributed by atoms with Crippen LogP contribution < -0.4 is 5.32 Å². The minimum Gasteiger partial charge on any atom is -0.380 e. The predicted molar refractivity (Wildman–Crippen MR) is 75.5 cm³/mol. The van der Waals surface area contributed by atoms with Crippen molar-refractivity contribution < 1.29 is 4.74 Å². The maximum atomic E-state index is 5.33. The molecular formula is C14H32N2O. The summed E-state index contributed by atoms with van der Waals surface area (Å²) in [5, 5.41) is 3.58. The molecule has 0 heterocycles. The number of likely N-dealkylation sites (N-methyl/N-ethyl adjacent to an activating group) is 1. The van der Waals surface area contributed by atoms with Crippen LogP contribution in [-0.4, -0.2) is 50.8 Å². The SMILES string of the molecule is CCOCCN(C)CCNC(C)CCC(C)C. The van der Waals surface area contributed by atoms with Gasteiger partial charge in [0, 0.05) is 32.3 Å². The summed E-state index contributed by atoms with van der Waals surface area (Å²) in [4.78, 5) is 2.32. The number of hydrogen-bond donors (Lipinski definition) is 1. The fourth-order valence-electron chi connectivity index (χ4n) is 1.66. The van der Waals surface area contributed by atoms with Crippen molar-refractivity contribution in [3.8, 4) is 0 Å². The van der Waals surface area contributed by atoms with Crippen LogP contribution in [0.25, 0.3) is 0 Å². The van der Waals surface area contributed by atoms with Gasteiger partial charge in [-0.2, -0.15) is 0 Å². The highest BCUT2D eigenvalue weighted by molar-refractivity contribution is 4.63. The van der Waals surface area contributed by atoms with Gasteiger partial charge in [-0.05, 0) is 39.7 Å². The van der Waals surface area contributed by atoms with Crippen LogP contribution in [0.1, 0.15) is 40.5 Å². The maximum absolute atomic E-state index is 5.33. The molecule has 0 rings (SSSR count). The zero-order chi connectivity index (χ0) is 13.1. The van der Waals surface area contributed by atoms with Gasteiger partial charge in [-0.1, -0.05) is 13.8 Å². The van der Waals surface area contributed by atoms with Crippen molar-refractivity contribution in [1.82, 2.24) is 10.2 Å². The number of nitrogens with zero attached hydrogens (tertiary/aromatic N) is 1. The summed E-state index contributed by atoms with van der Waals surface area (Å²) in [6.45, 7) is 13.7. The zero-order valence-corrected chi connectivity index (χ0v) is 12.5. The van der Waals surface area contributed by atoms with Crippen LogP contribution in [0, 0.1) is 5.92 Å². The number of nitrogens with one attached hydrogen (secondary N) is 1. The average molecular weight is 244 g/mol. The van der Waals surface area contributed by atoms with Gasteiger partial charge in [0.05, 0.1) is 6.61 Å². The Morgan fingerprint density at radius 3 is 2.41 bits per heavy atom. The second-order valence-electron chi connectivity index (χ2n) is 5.33.